The van der Waals surface area contributed by atoms with E-state index in [2.05, 4.69) is 21.7 Å². The molecule has 162 valence electrons. The average molecular weight is 437 g/mol. The van der Waals surface area contributed by atoms with Crippen molar-refractivity contribution in [2.45, 2.75) is 19.0 Å². The Morgan fingerprint density at radius 2 is 2.03 bits per heavy atom. The zero-order valence-corrected chi connectivity index (χ0v) is 16.7. The molecule has 2 aliphatic heterocycles. The van der Waals surface area contributed by atoms with E-state index in [-0.39, 0.29) is 42.2 Å². The molecule has 3 aliphatic rings. The summed E-state index contributed by atoms with van der Waals surface area (Å²) in [6.45, 7) is 0.176. The third kappa shape index (κ3) is 2.86. The first kappa shape index (κ1) is 18.9. The molecular weight excluding hydrogens is 420 g/mol. The van der Waals surface area contributed by atoms with Gasteiger partial charge in [0.1, 0.15) is 17.6 Å². The Morgan fingerprint density at radius 1 is 1.19 bits per heavy atom. The highest BCUT2D eigenvalue weighted by Crippen LogP contribution is 2.42. The second kappa shape index (κ2) is 6.84. The fourth-order valence-corrected chi connectivity index (χ4v) is 4.88. The van der Waals surface area contributed by atoms with Crippen molar-refractivity contribution in [3.8, 4) is 0 Å². The topological polar surface area (TPSA) is 91.6 Å². The number of urea groups is 1. The van der Waals surface area contributed by atoms with Crippen molar-refractivity contribution in [1.82, 2.24) is 20.1 Å². The molecule has 3 heterocycles. The number of amides is 3. The van der Waals surface area contributed by atoms with Gasteiger partial charge in [-0.2, -0.15) is 0 Å². The van der Waals surface area contributed by atoms with Crippen molar-refractivity contribution in [3.05, 3.63) is 59.2 Å². The molecule has 0 unspecified atom stereocenters. The third-order valence-electron chi connectivity index (χ3n) is 6.46. The molecule has 2 aromatic carbocycles. The van der Waals surface area contributed by atoms with E-state index in [0.717, 1.165) is 23.6 Å². The van der Waals surface area contributed by atoms with E-state index in [9.17, 15) is 18.4 Å². The Kier molecular flexibility index (Phi) is 4.04. The SMILES string of the molecule is O=C1Nc2ccc(F)c(F)c2CN1CC(=O)N1C[C@@H]2C[C@H]1C=C2c1ccc2nonc2c1. The summed E-state index contributed by atoms with van der Waals surface area (Å²) in [5.74, 6) is -2.03. The monoisotopic (exact) mass is 437 g/mol. The van der Waals surface area contributed by atoms with Crippen molar-refractivity contribution >= 4 is 34.2 Å². The third-order valence-corrected chi connectivity index (χ3v) is 6.46. The molecule has 0 radical (unpaired) electrons. The first-order valence-corrected chi connectivity index (χ1v) is 10.2. The molecule has 0 spiro atoms. The first-order chi connectivity index (χ1) is 15.5. The van der Waals surface area contributed by atoms with E-state index in [1.54, 1.807) is 4.90 Å². The highest BCUT2D eigenvalue weighted by atomic mass is 19.2. The van der Waals surface area contributed by atoms with E-state index in [1.165, 1.54) is 11.0 Å². The molecule has 1 N–H and O–H groups in total. The number of fused-ring (bicyclic) bond motifs is 4. The summed E-state index contributed by atoms with van der Waals surface area (Å²) in [6, 6.07) is 7.46. The predicted octanol–water partition coefficient (Wildman–Crippen LogP) is 3.16. The lowest BCUT2D eigenvalue weighted by Gasteiger charge is -2.32. The second-order valence-electron chi connectivity index (χ2n) is 8.31. The van der Waals surface area contributed by atoms with Crippen LogP contribution in [0.25, 0.3) is 16.6 Å². The summed E-state index contributed by atoms with van der Waals surface area (Å²) in [5, 5.41) is 10.2. The van der Waals surface area contributed by atoms with Crippen LogP contribution >= 0.6 is 0 Å². The van der Waals surface area contributed by atoms with Crippen molar-refractivity contribution in [1.29, 1.82) is 0 Å². The number of halogens is 2. The van der Waals surface area contributed by atoms with E-state index < -0.39 is 17.7 Å². The number of nitrogens with one attached hydrogen (secondary N) is 1. The quantitative estimate of drug-likeness (QED) is 0.680. The van der Waals surface area contributed by atoms with Gasteiger partial charge in [-0.3, -0.25) is 4.79 Å². The summed E-state index contributed by atoms with van der Waals surface area (Å²) in [4.78, 5) is 28.3. The van der Waals surface area contributed by atoms with Gasteiger partial charge in [-0.05, 0) is 52.1 Å². The minimum Gasteiger partial charge on any atom is -0.334 e. The lowest BCUT2D eigenvalue weighted by atomic mass is 9.95. The number of benzene rings is 2. The minimum absolute atomic E-state index is 0.0419. The fraction of sp³-hybridized carbons (Fsp3) is 0.273. The van der Waals surface area contributed by atoms with Gasteiger partial charge < -0.3 is 15.1 Å². The highest BCUT2D eigenvalue weighted by molar-refractivity contribution is 5.95. The van der Waals surface area contributed by atoms with Crippen molar-refractivity contribution in [2.75, 3.05) is 18.4 Å². The Bertz CT molecular complexity index is 1320. The molecule has 1 fully saturated rings. The van der Waals surface area contributed by atoms with Crippen LogP contribution in [-0.2, 0) is 11.3 Å². The maximum absolute atomic E-state index is 14.2. The number of hydrogen-bond donors (Lipinski definition) is 1. The molecule has 32 heavy (non-hydrogen) atoms. The number of hydrogen-bond acceptors (Lipinski definition) is 5. The van der Waals surface area contributed by atoms with Crippen molar-refractivity contribution < 1.29 is 23.0 Å². The maximum atomic E-state index is 14.2. The van der Waals surface area contributed by atoms with Gasteiger partial charge in [0.15, 0.2) is 11.6 Å². The van der Waals surface area contributed by atoms with Gasteiger partial charge >= 0.3 is 6.03 Å². The van der Waals surface area contributed by atoms with Gasteiger partial charge in [0.2, 0.25) is 5.91 Å². The summed E-state index contributed by atoms with van der Waals surface area (Å²) in [6.07, 6.45) is 2.88. The number of aromatic nitrogens is 2. The molecule has 2 bridgehead atoms. The molecule has 3 aromatic rings. The molecule has 3 amide bonds. The van der Waals surface area contributed by atoms with E-state index >= 15 is 0 Å². The zero-order valence-electron chi connectivity index (χ0n) is 16.7. The van der Waals surface area contributed by atoms with Crippen LogP contribution in [0.3, 0.4) is 0 Å². The molecule has 1 aromatic heterocycles. The van der Waals surface area contributed by atoms with Crippen LogP contribution in [0.1, 0.15) is 17.5 Å². The van der Waals surface area contributed by atoms with Gasteiger partial charge in [0.25, 0.3) is 0 Å². The van der Waals surface area contributed by atoms with Crippen LogP contribution in [-0.4, -0.2) is 51.2 Å². The van der Waals surface area contributed by atoms with Crippen LogP contribution < -0.4 is 5.32 Å². The average Bonchev–Trinajstić information content (AvgIpc) is 3.52. The largest absolute Gasteiger partial charge is 0.334 e. The maximum Gasteiger partial charge on any atom is 0.322 e. The zero-order chi connectivity index (χ0) is 22.0. The van der Waals surface area contributed by atoms with Gasteiger partial charge in [0.05, 0.1) is 18.3 Å². The molecule has 8 nitrogen and oxygen atoms in total. The molecule has 6 rings (SSSR count). The summed E-state index contributed by atoms with van der Waals surface area (Å²) in [5.41, 5.74) is 3.82. The number of rotatable bonds is 3. The lowest BCUT2D eigenvalue weighted by Crippen LogP contribution is -2.47. The number of carbonyl (C=O) groups is 2. The normalized spacial score (nSPS) is 21.7. The van der Waals surface area contributed by atoms with Crippen molar-refractivity contribution in [3.63, 3.8) is 0 Å². The molecule has 1 saturated heterocycles. The Labute approximate surface area is 180 Å². The molecule has 0 saturated carbocycles. The highest BCUT2D eigenvalue weighted by Gasteiger charge is 2.42. The molecular formula is C22H17F2N5O3. The summed E-state index contributed by atoms with van der Waals surface area (Å²) < 4.78 is 32.5. The van der Waals surface area contributed by atoms with Crippen molar-refractivity contribution in [2.24, 2.45) is 5.92 Å². The Balaban J connectivity index is 1.18. The van der Waals surface area contributed by atoms with Crippen LogP contribution in [0.2, 0.25) is 0 Å². The Morgan fingerprint density at radius 3 is 2.84 bits per heavy atom. The van der Waals surface area contributed by atoms with Gasteiger partial charge in [-0.25, -0.2) is 18.2 Å². The fourth-order valence-electron chi connectivity index (χ4n) is 4.88. The van der Waals surface area contributed by atoms with E-state index in [1.807, 2.05) is 18.2 Å². The standard InChI is InChI=1S/C22H17F2N5O3/c23-16-2-4-17-15(21(16)24)9-28(22(31)25-17)10-20(30)29-8-12-5-13(29)7-14(12)11-1-3-18-19(6-11)27-32-26-18/h1-4,6-7,12-13H,5,8-10H2,(H,25,31)/t12-,13-/m0/s1. The van der Waals surface area contributed by atoms with Crippen LogP contribution in [0.4, 0.5) is 19.3 Å². The Hall–Kier alpha value is -3.82. The summed E-state index contributed by atoms with van der Waals surface area (Å²) >= 11 is 0. The number of likely N-dealkylation sites (tertiary alicyclic amines) is 1. The number of nitrogens with zero attached hydrogens (tertiary/aromatic N) is 4. The second-order valence-corrected chi connectivity index (χ2v) is 8.31. The molecule has 2 atom stereocenters. The molecule has 10 heteroatoms. The van der Waals surface area contributed by atoms with Crippen LogP contribution in [0, 0.1) is 17.6 Å². The van der Waals surface area contributed by atoms with Gasteiger partial charge in [-0.1, -0.05) is 12.1 Å². The minimum atomic E-state index is -1.01. The van der Waals surface area contributed by atoms with E-state index in [4.69, 9.17) is 4.63 Å². The smallest absolute Gasteiger partial charge is 0.322 e. The van der Waals surface area contributed by atoms with Gasteiger partial charge in [0, 0.05) is 18.0 Å². The van der Waals surface area contributed by atoms with Gasteiger partial charge in [-0.15, -0.1) is 0 Å². The van der Waals surface area contributed by atoms with Crippen LogP contribution in [0.15, 0.2) is 41.0 Å². The van der Waals surface area contributed by atoms with Crippen LogP contribution in [0.5, 0.6) is 0 Å². The lowest BCUT2D eigenvalue weighted by molar-refractivity contribution is -0.132. The van der Waals surface area contributed by atoms with E-state index in [0.29, 0.717) is 17.6 Å². The number of anilines is 1. The number of carbonyl (C=O) groups excluding carboxylic acids is 2. The summed E-state index contributed by atoms with van der Waals surface area (Å²) in [7, 11) is 0. The predicted molar refractivity (Wildman–Crippen MR) is 109 cm³/mol. The molecule has 1 aliphatic carbocycles. The first-order valence-electron chi connectivity index (χ1n) is 10.2.